The largest absolute Gasteiger partial charge is 0.353 e. The van der Waals surface area contributed by atoms with Gasteiger partial charge in [0.25, 0.3) is 0 Å². The van der Waals surface area contributed by atoms with Gasteiger partial charge in [0.05, 0.1) is 11.0 Å². The lowest BCUT2D eigenvalue weighted by atomic mass is 10.3. The summed E-state index contributed by atoms with van der Waals surface area (Å²) in [7, 11) is 0. The van der Waals surface area contributed by atoms with Crippen LogP contribution in [0, 0.1) is 5.82 Å². The van der Waals surface area contributed by atoms with Crippen molar-refractivity contribution in [3.05, 3.63) is 24.0 Å². The van der Waals surface area contributed by atoms with Crippen molar-refractivity contribution in [3.8, 4) is 0 Å². The SMILES string of the molecule is Fc1ccc2nc(NC3CCCC3)[nH]c2c1. The molecule has 0 spiro atoms. The van der Waals surface area contributed by atoms with E-state index in [0.29, 0.717) is 6.04 Å². The predicted octanol–water partition coefficient (Wildman–Crippen LogP) is 3.06. The van der Waals surface area contributed by atoms with Gasteiger partial charge in [-0.05, 0) is 31.0 Å². The van der Waals surface area contributed by atoms with Crippen LogP contribution in [-0.4, -0.2) is 16.0 Å². The first-order valence-electron chi connectivity index (χ1n) is 5.73. The van der Waals surface area contributed by atoms with Gasteiger partial charge in [-0.15, -0.1) is 0 Å². The first-order chi connectivity index (χ1) is 7.81. The number of fused-ring (bicyclic) bond motifs is 1. The van der Waals surface area contributed by atoms with Crippen molar-refractivity contribution in [3.63, 3.8) is 0 Å². The normalized spacial score (nSPS) is 17.1. The molecular weight excluding hydrogens is 205 g/mol. The van der Waals surface area contributed by atoms with E-state index in [4.69, 9.17) is 0 Å². The molecular formula is C12H14FN3. The number of rotatable bonds is 2. The minimum Gasteiger partial charge on any atom is -0.353 e. The quantitative estimate of drug-likeness (QED) is 0.815. The van der Waals surface area contributed by atoms with Gasteiger partial charge >= 0.3 is 0 Å². The Morgan fingerprint density at radius 2 is 2.12 bits per heavy atom. The van der Waals surface area contributed by atoms with Crippen LogP contribution in [0.2, 0.25) is 0 Å². The molecule has 2 N–H and O–H groups in total. The molecule has 3 nitrogen and oxygen atoms in total. The summed E-state index contributed by atoms with van der Waals surface area (Å²) in [5.41, 5.74) is 1.56. The third-order valence-corrected chi connectivity index (χ3v) is 3.14. The molecule has 1 aliphatic carbocycles. The van der Waals surface area contributed by atoms with Crippen molar-refractivity contribution in [1.29, 1.82) is 0 Å². The lowest BCUT2D eigenvalue weighted by Crippen LogP contribution is -2.15. The van der Waals surface area contributed by atoms with Crippen molar-refractivity contribution in [1.82, 2.24) is 9.97 Å². The average Bonchev–Trinajstić information content (AvgIpc) is 2.86. The summed E-state index contributed by atoms with van der Waals surface area (Å²) in [6.07, 6.45) is 4.97. The minimum atomic E-state index is -0.233. The van der Waals surface area contributed by atoms with E-state index in [0.717, 1.165) is 17.0 Å². The molecule has 3 rings (SSSR count). The molecule has 1 saturated carbocycles. The predicted molar refractivity (Wildman–Crippen MR) is 61.9 cm³/mol. The van der Waals surface area contributed by atoms with Crippen molar-refractivity contribution in [2.24, 2.45) is 0 Å². The summed E-state index contributed by atoms with van der Waals surface area (Å²) in [5, 5.41) is 3.36. The molecule has 2 aromatic rings. The Kier molecular flexibility index (Phi) is 2.27. The van der Waals surface area contributed by atoms with Crippen LogP contribution in [-0.2, 0) is 0 Å². The van der Waals surface area contributed by atoms with E-state index < -0.39 is 0 Å². The fraction of sp³-hybridized carbons (Fsp3) is 0.417. The topological polar surface area (TPSA) is 40.7 Å². The molecule has 1 fully saturated rings. The van der Waals surface area contributed by atoms with Gasteiger partial charge in [0.15, 0.2) is 0 Å². The molecule has 0 atom stereocenters. The zero-order valence-corrected chi connectivity index (χ0v) is 8.96. The molecule has 0 bridgehead atoms. The number of hydrogen-bond donors (Lipinski definition) is 2. The van der Waals surface area contributed by atoms with Crippen LogP contribution in [0.3, 0.4) is 0 Å². The second-order valence-corrected chi connectivity index (χ2v) is 4.37. The monoisotopic (exact) mass is 219 g/mol. The van der Waals surface area contributed by atoms with E-state index in [2.05, 4.69) is 15.3 Å². The Balaban J connectivity index is 1.86. The second kappa shape index (κ2) is 3.77. The summed E-state index contributed by atoms with van der Waals surface area (Å²) >= 11 is 0. The molecule has 1 aliphatic rings. The molecule has 0 unspecified atom stereocenters. The number of halogens is 1. The van der Waals surface area contributed by atoms with Crippen LogP contribution in [0.1, 0.15) is 25.7 Å². The Morgan fingerprint density at radius 3 is 2.94 bits per heavy atom. The van der Waals surface area contributed by atoms with Gasteiger partial charge in [0.1, 0.15) is 5.82 Å². The Hall–Kier alpha value is -1.58. The van der Waals surface area contributed by atoms with E-state index in [-0.39, 0.29) is 5.82 Å². The number of aromatic nitrogens is 2. The van der Waals surface area contributed by atoms with Crippen molar-refractivity contribution >= 4 is 17.0 Å². The summed E-state index contributed by atoms with van der Waals surface area (Å²) in [5.74, 6) is 0.524. The molecule has 0 aliphatic heterocycles. The maximum atomic E-state index is 13.0. The minimum absolute atomic E-state index is 0.233. The zero-order chi connectivity index (χ0) is 11.0. The van der Waals surface area contributed by atoms with Crippen LogP contribution < -0.4 is 5.32 Å². The molecule has 0 saturated heterocycles. The van der Waals surface area contributed by atoms with Gasteiger partial charge < -0.3 is 10.3 Å². The van der Waals surface area contributed by atoms with Gasteiger partial charge in [0, 0.05) is 6.04 Å². The smallest absolute Gasteiger partial charge is 0.201 e. The van der Waals surface area contributed by atoms with Gasteiger partial charge in [-0.1, -0.05) is 12.8 Å². The summed E-state index contributed by atoms with van der Waals surface area (Å²) in [6.45, 7) is 0. The number of benzene rings is 1. The van der Waals surface area contributed by atoms with Crippen LogP contribution in [0.25, 0.3) is 11.0 Å². The lowest BCUT2D eigenvalue weighted by molar-refractivity contribution is 0.629. The Morgan fingerprint density at radius 1 is 1.31 bits per heavy atom. The number of hydrogen-bond acceptors (Lipinski definition) is 2. The summed E-state index contributed by atoms with van der Waals surface area (Å²) < 4.78 is 13.0. The third kappa shape index (κ3) is 1.75. The molecule has 1 aromatic heterocycles. The van der Waals surface area contributed by atoms with Crippen LogP contribution in [0.4, 0.5) is 10.3 Å². The summed E-state index contributed by atoms with van der Waals surface area (Å²) in [6, 6.07) is 5.12. The molecule has 1 heterocycles. The third-order valence-electron chi connectivity index (χ3n) is 3.14. The van der Waals surface area contributed by atoms with Crippen LogP contribution in [0.5, 0.6) is 0 Å². The average molecular weight is 219 g/mol. The van der Waals surface area contributed by atoms with Crippen molar-refractivity contribution in [2.75, 3.05) is 5.32 Å². The van der Waals surface area contributed by atoms with Gasteiger partial charge in [0.2, 0.25) is 5.95 Å². The van der Waals surface area contributed by atoms with Gasteiger partial charge in [-0.2, -0.15) is 0 Å². The van der Waals surface area contributed by atoms with E-state index in [1.807, 2.05) is 0 Å². The van der Waals surface area contributed by atoms with Crippen molar-refractivity contribution in [2.45, 2.75) is 31.7 Å². The Labute approximate surface area is 93.1 Å². The van der Waals surface area contributed by atoms with Crippen LogP contribution in [0.15, 0.2) is 18.2 Å². The maximum absolute atomic E-state index is 13.0. The number of nitrogens with zero attached hydrogens (tertiary/aromatic N) is 1. The molecule has 84 valence electrons. The van der Waals surface area contributed by atoms with Crippen molar-refractivity contribution < 1.29 is 4.39 Å². The highest BCUT2D eigenvalue weighted by Gasteiger charge is 2.15. The van der Waals surface area contributed by atoms with Crippen LogP contribution >= 0.6 is 0 Å². The maximum Gasteiger partial charge on any atom is 0.201 e. The number of aromatic amines is 1. The molecule has 4 heteroatoms. The molecule has 0 amide bonds. The number of nitrogens with one attached hydrogen (secondary N) is 2. The first kappa shape index (κ1) is 9.63. The van der Waals surface area contributed by atoms with Gasteiger partial charge in [-0.3, -0.25) is 0 Å². The number of imidazole rings is 1. The number of H-pyrrole nitrogens is 1. The summed E-state index contributed by atoms with van der Waals surface area (Å²) in [4.78, 5) is 7.49. The lowest BCUT2D eigenvalue weighted by Gasteiger charge is -2.09. The highest BCUT2D eigenvalue weighted by Crippen LogP contribution is 2.22. The Bertz CT molecular complexity index is 500. The van der Waals surface area contributed by atoms with E-state index >= 15 is 0 Å². The highest BCUT2D eigenvalue weighted by atomic mass is 19.1. The fourth-order valence-electron chi connectivity index (χ4n) is 2.31. The molecule has 16 heavy (non-hydrogen) atoms. The second-order valence-electron chi connectivity index (χ2n) is 4.37. The molecule has 1 aromatic carbocycles. The van der Waals surface area contributed by atoms with E-state index in [9.17, 15) is 4.39 Å². The van der Waals surface area contributed by atoms with Gasteiger partial charge in [-0.25, -0.2) is 9.37 Å². The zero-order valence-electron chi connectivity index (χ0n) is 8.96. The standard InChI is InChI=1S/C12H14FN3/c13-8-5-6-10-11(7-8)16-12(15-10)14-9-3-1-2-4-9/h5-7,9H,1-4H2,(H2,14,15,16). The first-order valence-corrected chi connectivity index (χ1v) is 5.73. The number of anilines is 1. The molecule has 0 radical (unpaired) electrons. The fourth-order valence-corrected chi connectivity index (χ4v) is 2.31. The highest BCUT2D eigenvalue weighted by molar-refractivity contribution is 5.77. The van der Waals surface area contributed by atoms with E-state index in [1.54, 1.807) is 6.07 Å². The van der Waals surface area contributed by atoms with E-state index in [1.165, 1.54) is 37.8 Å².